The molecule has 1 aliphatic carbocycles. The van der Waals surface area contributed by atoms with Crippen LogP contribution in [0.3, 0.4) is 0 Å². The monoisotopic (exact) mass is 422 g/mol. The summed E-state index contributed by atoms with van der Waals surface area (Å²) in [6, 6.07) is 1.78. The number of thioether (sulfide) groups is 1. The Morgan fingerprint density at radius 2 is 1.86 bits per heavy atom. The van der Waals surface area contributed by atoms with Crippen molar-refractivity contribution >= 4 is 29.2 Å². The second-order valence-electron chi connectivity index (χ2n) is 7.68. The van der Waals surface area contributed by atoms with E-state index in [1.165, 1.54) is 11.8 Å². The molecule has 0 bridgehead atoms. The van der Waals surface area contributed by atoms with E-state index in [1.54, 1.807) is 0 Å². The van der Waals surface area contributed by atoms with Crippen LogP contribution in [0.5, 0.6) is 0 Å². The minimum atomic E-state index is -1.43. The molecule has 154 valence electrons. The van der Waals surface area contributed by atoms with Crippen molar-refractivity contribution in [3.63, 3.8) is 0 Å². The zero-order valence-electron chi connectivity index (χ0n) is 16.3. The maximum atomic E-state index is 13.4. The number of anilines is 2. The lowest BCUT2D eigenvalue weighted by Gasteiger charge is -2.35. The molecule has 1 atom stereocenters. The first-order valence-corrected chi connectivity index (χ1v) is 10.3. The molecule has 0 spiro atoms. The standard InChI is InChI=1S/C20H21F3N4OS/c1-9-18-19(27(3)10(2)20(28)26-18)25-16(24-9)6-11-4-12(5-11)29-13-7-14(21)17(23)15(22)8-13/h7-8,10-12H,4-6H2,1-3H3,(H,26,28)/t10-,11?,12?/m0/s1. The molecule has 2 heterocycles. The number of halogens is 3. The molecule has 0 radical (unpaired) electrons. The summed E-state index contributed by atoms with van der Waals surface area (Å²) in [6.07, 6.45) is 2.44. The third kappa shape index (κ3) is 3.80. The fourth-order valence-corrected chi connectivity index (χ4v) is 5.15. The first-order valence-electron chi connectivity index (χ1n) is 9.45. The molecule has 1 aliphatic heterocycles. The van der Waals surface area contributed by atoms with Crippen LogP contribution in [0.15, 0.2) is 17.0 Å². The summed E-state index contributed by atoms with van der Waals surface area (Å²) < 4.78 is 39.8. The Balaban J connectivity index is 1.40. The van der Waals surface area contributed by atoms with E-state index in [0.717, 1.165) is 42.3 Å². The van der Waals surface area contributed by atoms with Gasteiger partial charge in [-0.1, -0.05) is 0 Å². The molecule has 1 aromatic heterocycles. The predicted octanol–water partition coefficient (Wildman–Crippen LogP) is 4.09. The molecule has 1 fully saturated rings. The summed E-state index contributed by atoms with van der Waals surface area (Å²) in [5.41, 5.74) is 1.39. The molecule has 5 nitrogen and oxygen atoms in total. The molecule has 0 saturated heterocycles. The Hall–Kier alpha value is -2.29. The van der Waals surface area contributed by atoms with Crippen molar-refractivity contribution in [3.05, 3.63) is 41.1 Å². The van der Waals surface area contributed by atoms with Crippen molar-refractivity contribution in [3.8, 4) is 0 Å². The Bertz CT molecular complexity index is 957. The molecule has 1 amide bonds. The van der Waals surface area contributed by atoms with Gasteiger partial charge in [0, 0.05) is 23.6 Å². The highest BCUT2D eigenvalue weighted by molar-refractivity contribution is 8.00. The van der Waals surface area contributed by atoms with Gasteiger partial charge in [-0.05, 0) is 44.7 Å². The van der Waals surface area contributed by atoms with E-state index in [2.05, 4.69) is 15.3 Å². The van der Waals surface area contributed by atoms with Crippen LogP contribution >= 0.6 is 11.8 Å². The topological polar surface area (TPSA) is 58.1 Å². The number of rotatable bonds is 4. The molecule has 4 rings (SSSR count). The number of hydrogen-bond acceptors (Lipinski definition) is 5. The van der Waals surface area contributed by atoms with Gasteiger partial charge in [0.1, 0.15) is 17.6 Å². The highest BCUT2D eigenvalue weighted by atomic mass is 32.2. The van der Waals surface area contributed by atoms with Crippen LogP contribution in [0.25, 0.3) is 0 Å². The Morgan fingerprint density at radius 3 is 2.52 bits per heavy atom. The van der Waals surface area contributed by atoms with Crippen LogP contribution in [0.1, 0.15) is 31.3 Å². The van der Waals surface area contributed by atoms with Gasteiger partial charge in [0.2, 0.25) is 5.91 Å². The number of fused-ring (bicyclic) bond motifs is 1. The Morgan fingerprint density at radius 1 is 1.21 bits per heavy atom. The number of nitrogens with one attached hydrogen (secondary N) is 1. The average molecular weight is 422 g/mol. The molecule has 1 N–H and O–H groups in total. The van der Waals surface area contributed by atoms with E-state index in [9.17, 15) is 18.0 Å². The van der Waals surface area contributed by atoms with Gasteiger partial charge in [0.15, 0.2) is 23.3 Å². The molecule has 0 unspecified atom stereocenters. The van der Waals surface area contributed by atoms with Crippen molar-refractivity contribution in [2.45, 2.75) is 49.3 Å². The van der Waals surface area contributed by atoms with E-state index in [1.807, 2.05) is 25.8 Å². The largest absolute Gasteiger partial charge is 0.346 e. The van der Waals surface area contributed by atoms with Crippen LogP contribution in [0.4, 0.5) is 24.7 Å². The lowest BCUT2D eigenvalue weighted by Crippen LogP contribution is -2.45. The number of likely N-dealkylation sites (N-methyl/N-ethyl adjacent to an activating group) is 1. The van der Waals surface area contributed by atoms with Crippen LogP contribution in [-0.2, 0) is 11.2 Å². The van der Waals surface area contributed by atoms with E-state index >= 15 is 0 Å². The van der Waals surface area contributed by atoms with E-state index in [4.69, 9.17) is 0 Å². The minimum absolute atomic E-state index is 0.0769. The van der Waals surface area contributed by atoms with Crippen LogP contribution in [-0.4, -0.2) is 34.2 Å². The highest BCUT2D eigenvalue weighted by Crippen LogP contribution is 2.42. The van der Waals surface area contributed by atoms with Crippen molar-refractivity contribution in [2.75, 3.05) is 17.3 Å². The first-order chi connectivity index (χ1) is 13.7. The van der Waals surface area contributed by atoms with E-state index < -0.39 is 17.5 Å². The number of amides is 1. The zero-order chi connectivity index (χ0) is 20.9. The fourth-order valence-electron chi connectivity index (χ4n) is 3.68. The Kier molecular flexibility index (Phi) is 5.18. The van der Waals surface area contributed by atoms with Gasteiger partial charge in [0.25, 0.3) is 0 Å². The van der Waals surface area contributed by atoms with Gasteiger partial charge in [-0.15, -0.1) is 11.8 Å². The lowest BCUT2D eigenvalue weighted by atomic mass is 9.82. The van der Waals surface area contributed by atoms with Crippen molar-refractivity contribution < 1.29 is 18.0 Å². The minimum Gasteiger partial charge on any atom is -0.346 e. The summed E-state index contributed by atoms with van der Waals surface area (Å²) in [6.45, 7) is 3.68. The molecule has 29 heavy (non-hydrogen) atoms. The summed E-state index contributed by atoms with van der Waals surface area (Å²) in [5.74, 6) is -2.01. The number of nitrogens with zero attached hydrogens (tertiary/aromatic N) is 3. The number of aromatic nitrogens is 2. The molecular formula is C20H21F3N4OS. The second-order valence-corrected chi connectivity index (χ2v) is 9.06. The van der Waals surface area contributed by atoms with Crippen molar-refractivity contribution in [1.82, 2.24) is 9.97 Å². The summed E-state index contributed by atoms with van der Waals surface area (Å²) in [4.78, 5) is 23.5. The van der Waals surface area contributed by atoms with Gasteiger partial charge in [-0.3, -0.25) is 4.79 Å². The summed E-state index contributed by atoms with van der Waals surface area (Å²) in [5, 5.41) is 3.09. The third-order valence-electron chi connectivity index (χ3n) is 5.58. The smallest absolute Gasteiger partial charge is 0.246 e. The van der Waals surface area contributed by atoms with Gasteiger partial charge >= 0.3 is 0 Å². The van der Waals surface area contributed by atoms with Gasteiger partial charge in [-0.25, -0.2) is 23.1 Å². The SMILES string of the molecule is Cc1nc(CC2CC(Sc3cc(F)c(F)c(F)c3)C2)nc2c1NC(=O)[C@H](C)N2C. The predicted molar refractivity (Wildman–Crippen MR) is 106 cm³/mol. The number of hydrogen-bond donors (Lipinski definition) is 1. The lowest BCUT2D eigenvalue weighted by molar-refractivity contribution is -0.117. The summed E-state index contributed by atoms with van der Waals surface area (Å²) >= 11 is 1.37. The zero-order valence-corrected chi connectivity index (χ0v) is 17.1. The van der Waals surface area contributed by atoms with E-state index in [0.29, 0.717) is 22.9 Å². The van der Waals surface area contributed by atoms with Gasteiger partial charge < -0.3 is 10.2 Å². The summed E-state index contributed by atoms with van der Waals surface area (Å²) in [7, 11) is 1.84. The van der Waals surface area contributed by atoms with Crippen molar-refractivity contribution in [1.29, 1.82) is 0 Å². The Labute approximate surface area is 171 Å². The van der Waals surface area contributed by atoms with Crippen LogP contribution in [0, 0.1) is 30.3 Å². The fraction of sp³-hybridized carbons (Fsp3) is 0.450. The van der Waals surface area contributed by atoms with Gasteiger partial charge in [-0.2, -0.15) is 0 Å². The molecule has 9 heteroatoms. The second kappa shape index (κ2) is 7.51. The highest BCUT2D eigenvalue weighted by Gasteiger charge is 2.33. The average Bonchev–Trinajstić information content (AvgIpc) is 2.63. The van der Waals surface area contributed by atoms with Crippen LogP contribution in [0.2, 0.25) is 0 Å². The number of benzene rings is 1. The molecule has 2 aliphatic rings. The molecule has 1 saturated carbocycles. The molecule has 1 aromatic carbocycles. The van der Waals surface area contributed by atoms with E-state index in [-0.39, 0.29) is 17.2 Å². The number of aryl methyl sites for hydroxylation is 1. The number of carbonyl (C=O) groups excluding carboxylic acids is 1. The maximum Gasteiger partial charge on any atom is 0.246 e. The normalized spacial score (nSPS) is 23.4. The van der Waals surface area contributed by atoms with Crippen molar-refractivity contribution in [2.24, 2.45) is 5.92 Å². The number of carbonyl (C=O) groups is 1. The third-order valence-corrected chi connectivity index (χ3v) is 6.81. The van der Waals surface area contributed by atoms with Gasteiger partial charge in [0.05, 0.1) is 5.69 Å². The van der Waals surface area contributed by atoms with Crippen LogP contribution < -0.4 is 10.2 Å². The first kappa shape index (κ1) is 20.0. The molecular weight excluding hydrogens is 401 g/mol. The quantitative estimate of drug-likeness (QED) is 0.752. The maximum absolute atomic E-state index is 13.4. The molecule has 2 aromatic rings.